The third-order valence-corrected chi connectivity index (χ3v) is 4.76. The van der Waals surface area contributed by atoms with Crippen LogP contribution in [-0.4, -0.2) is 6.04 Å². The van der Waals surface area contributed by atoms with Crippen molar-refractivity contribution >= 4 is 33.2 Å². The summed E-state index contributed by atoms with van der Waals surface area (Å²) in [6.07, 6.45) is 1.90. The molecular weight excluding hydrogens is 360 g/mol. The molecule has 0 heterocycles. The highest BCUT2D eigenvalue weighted by molar-refractivity contribution is 9.10. The Kier molecular flexibility index (Phi) is 4.18. The second-order valence-electron chi connectivity index (χ2n) is 5.31. The smallest absolute Gasteiger partial charge is 0.125 e. The van der Waals surface area contributed by atoms with Crippen LogP contribution in [0.3, 0.4) is 0 Å². The SMILES string of the molecule is Fc1ccc(C2CC(Nc3c(Cl)cc(F)cc3Br)C2)cc1. The van der Waals surface area contributed by atoms with Gasteiger partial charge in [0.05, 0.1) is 10.7 Å². The molecule has 21 heavy (non-hydrogen) atoms. The average Bonchev–Trinajstić information content (AvgIpc) is 2.37. The van der Waals surface area contributed by atoms with Gasteiger partial charge in [0.1, 0.15) is 11.6 Å². The predicted octanol–water partition coefficient (Wildman–Crippen LogP) is 5.74. The summed E-state index contributed by atoms with van der Waals surface area (Å²) < 4.78 is 26.7. The first-order chi connectivity index (χ1) is 10.0. The summed E-state index contributed by atoms with van der Waals surface area (Å²) in [5.41, 5.74) is 1.87. The molecular formula is C16H13BrClF2N. The Morgan fingerprint density at radius 1 is 1.05 bits per heavy atom. The number of benzene rings is 2. The van der Waals surface area contributed by atoms with E-state index in [1.165, 1.54) is 24.3 Å². The molecule has 0 atom stereocenters. The van der Waals surface area contributed by atoms with Gasteiger partial charge in [-0.1, -0.05) is 23.7 Å². The summed E-state index contributed by atoms with van der Waals surface area (Å²) in [5, 5.41) is 3.70. The van der Waals surface area contributed by atoms with E-state index in [9.17, 15) is 8.78 Å². The summed E-state index contributed by atoms with van der Waals surface area (Å²) >= 11 is 9.38. The van der Waals surface area contributed by atoms with Gasteiger partial charge < -0.3 is 5.32 Å². The molecule has 110 valence electrons. The van der Waals surface area contributed by atoms with Crippen LogP contribution in [0.5, 0.6) is 0 Å². The van der Waals surface area contributed by atoms with E-state index in [1.807, 2.05) is 12.1 Å². The average molecular weight is 373 g/mol. The third-order valence-electron chi connectivity index (χ3n) is 3.83. The van der Waals surface area contributed by atoms with Crippen LogP contribution < -0.4 is 5.32 Å². The van der Waals surface area contributed by atoms with Gasteiger partial charge in [0.2, 0.25) is 0 Å². The summed E-state index contributed by atoms with van der Waals surface area (Å²) in [6, 6.07) is 9.62. The fourth-order valence-corrected chi connectivity index (χ4v) is 3.55. The van der Waals surface area contributed by atoms with Gasteiger partial charge in [0.25, 0.3) is 0 Å². The van der Waals surface area contributed by atoms with Crippen molar-refractivity contribution in [2.24, 2.45) is 0 Å². The van der Waals surface area contributed by atoms with E-state index in [1.54, 1.807) is 0 Å². The van der Waals surface area contributed by atoms with Gasteiger partial charge in [-0.05, 0) is 64.5 Å². The Bertz CT molecular complexity index is 631. The zero-order valence-electron chi connectivity index (χ0n) is 11.0. The number of anilines is 1. The van der Waals surface area contributed by atoms with Crippen LogP contribution >= 0.6 is 27.5 Å². The van der Waals surface area contributed by atoms with Crippen LogP contribution in [0.15, 0.2) is 40.9 Å². The van der Waals surface area contributed by atoms with Crippen molar-refractivity contribution in [1.29, 1.82) is 0 Å². The molecule has 0 spiro atoms. The highest BCUT2D eigenvalue weighted by atomic mass is 79.9. The highest BCUT2D eigenvalue weighted by Crippen LogP contribution is 2.41. The van der Waals surface area contributed by atoms with Gasteiger partial charge in [-0.25, -0.2) is 8.78 Å². The fourth-order valence-electron chi connectivity index (χ4n) is 2.63. The lowest BCUT2D eigenvalue weighted by atomic mass is 9.76. The van der Waals surface area contributed by atoms with E-state index in [-0.39, 0.29) is 11.6 Å². The Labute approximate surface area is 135 Å². The minimum absolute atomic E-state index is 0.213. The molecule has 1 N–H and O–H groups in total. The summed E-state index contributed by atoms with van der Waals surface area (Å²) in [7, 11) is 0. The molecule has 0 amide bonds. The first kappa shape index (κ1) is 14.8. The van der Waals surface area contributed by atoms with Gasteiger partial charge >= 0.3 is 0 Å². The Morgan fingerprint density at radius 3 is 2.33 bits per heavy atom. The number of nitrogens with one attached hydrogen (secondary N) is 1. The molecule has 0 radical (unpaired) electrons. The standard InChI is InChI=1S/C16H13BrClF2N/c17-14-7-12(20)8-15(18)16(14)21-13-5-10(6-13)9-1-3-11(19)4-2-9/h1-4,7-8,10,13,21H,5-6H2. The number of hydrogen-bond acceptors (Lipinski definition) is 1. The van der Waals surface area contributed by atoms with Crippen LogP contribution in [-0.2, 0) is 0 Å². The maximum Gasteiger partial charge on any atom is 0.125 e. The Hall–Kier alpha value is -1.13. The Morgan fingerprint density at radius 2 is 1.71 bits per heavy atom. The molecule has 2 aromatic carbocycles. The normalized spacial score (nSPS) is 21.0. The molecule has 0 saturated heterocycles. The molecule has 1 saturated carbocycles. The van der Waals surface area contributed by atoms with Crippen LogP contribution in [0.1, 0.15) is 24.3 Å². The Balaban J connectivity index is 1.64. The van der Waals surface area contributed by atoms with Crippen molar-refractivity contribution in [2.75, 3.05) is 5.32 Å². The van der Waals surface area contributed by atoms with Crippen LogP contribution in [0.25, 0.3) is 0 Å². The van der Waals surface area contributed by atoms with Gasteiger partial charge in [-0.15, -0.1) is 0 Å². The predicted molar refractivity (Wildman–Crippen MR) is 84.9 cm³/mol. The van der Waals surface area contributed by atoms with Crippen molar-refractivity contribution in [1.82, 2.24) is 0 Å². The summed E-state index contributed by atoms with van der Waals surface area (Å²) in [5.74, 6) is -0.147. The third kappa shape index (κ3) is 3.22. The van der Waals surface area contributed by atoms with Crippen LogP contribution in [0.2, 0.25) is 5.02 Å². The first-order valence-corrected chi connectivity index (χ1v) is 7.86. The zero-order chi connectivity index (χ0) is 15.0. The fraction of sp³-hybridized carbons (Fsp3) is 0.250. The van der Waals surface area contributed by atoms with Crippen molar-refractivity contribution in [3.8, 4) is 0 Å². The van der Waals surface area contributed by atoms with Gasteiger partial charge in [0, 0.05) is 10.5 Å². The van der Waals surface area contributed by atoms with Crippen molar-refractivity contribution in [2.45, 2.75) is 24.8 Å². The van der Waals surface area contributed by atoms with Crippen molar-refractivity contribution < 1.29 is 8.78 Å². The minimum Gasteiger partial charge on any atom is -0.380 e. The lowest BCUT2D eigenvalue weighted by molar-refractivity contribution is 0.373. The number of rotatable bonds is 3. The van der Waals surface area contributed by atoms with Crippen LogP contribution in [0, 0.1) is 11.6 Å². The topological polar surface area (TPSA) is 12.0 Å². The highest BCUT2D eigenvalue weighted by Gasteiger charge is 2.31. The molecule has 2 aromatic rings. The van der Waals surface area contributed by atoms with Crippen molar-refractivity contribution in [3.63, 3.8) is 0 Å². The quantitative estimate of drug-likeness (QED) is 0.724. The molecule has 1 aliphatic carbocycles. The largest absolute Gasteiger partial charge is 0.380 e. The molecule has 0 aliphatic heterocycles. The van der Waals surface area contributed by atoms with E-state index >= 15 is 0 Å². The summed E-state index contributed by atoms with van der Waals surface area (Å²) in [6.45, 7) is 0. The lowest BCUT2D eigenvalue weighted by Gasteiger charge is -2.37. The number of hydrogen-bond donors (Lipinski definition) is 1. The van der Waals surface area contributed by atoms with Gasteiger partial charge in [0.15, 0.2) is 0 Å². The van der Waals surface area contributed by atoms with Gasteiger partial charge in [-0.2, -0.15) is 0 Å². The monoisotopic (exact) mass is 371 g/mol. The number of halogens is 4. The van der Waals surface area contributed by atoms with E-state index in [0.29, 0.717) is 21.5 Å². The van der Waals surface area contributed by atoms with Crippen molar-refractivity contribution in [3.05, 3.63) is 63.1 Å². The van der Waals surface area contributed by atoms with E-state index in [0.717, 1.165) is 24.1 Å². The molecule has 0 unspecified atom stereocenters. The van der Waals surface area contributed by atoms with E-state index in [2.05, 4.69) is 21.2 Å². The van der Waals surface area contributed by atoms with Gasteiger partial charge in [-0.3, -0.25) is 0 Å². The molecule has 1 nitrogen and oxygen atoms in total. The van der Waals surface area contributed by atoms with E-state index in [4.69, 9.17) is 11.6 Å². The maximum atomic E-state index is 13.2. The molecule has 5 heteroatoms. The molecule has 0 aromatic heterocycles. The molecule has 1 fully saturated rings. The molecule has 0 bridgehead atoms. The summed E-state index contributed by atoms with van der Waals surface area (Å²) in [4.78, 5) is 0. The molecule has 3 rings (SSSR count). The minimum atomic E-state index is -0.366. The first-order valence-electron chi connectivity index (χ1n) is 6.69. The molecule has 1 aliphatic rings. The lowest BCUT2D eigenvalue weighted by Crippen LogP contribution is -2.34. The second kappa shape index (κ2) is 5.93. The second-order valence-corrected chi connectivity index (χ2v) is 6.57. The van der Waals surface area contributed by atoms with E-state index < -0.39 is 0 Å². The zero-order valence-corrected chi connectivity index (χ0v) is 13.4. The van der Waals surface area contributed by atoms with Crippen LogP contribution in [0.4, 0.5) is 14.5 Å². The maximum absolute atomic E-state index is 13.2.